The smallest absolute Gasteiger partial charge is 0.0640 e. The Hall–Kier alpha value is -0.730. The van der Waals surface area contributed by atoms with E-state index in [-0.39, 0.29) is 0 Å². The molecule has 1 aromatic carbocycles. The van der Waals surface area contributed by atoms with Crippen molar-refractivity contribution in [2.24, 2.45) is 5.73 Å². The Morgan fingerprint density at radius 3 is 3.08 bits per heavy atom. The summed E-state index contributed by atoms with van der Waals surface area (Å²) < 4.78 is 0. The standard InChI is InChI=1S/C10H13ClN2/c11-9-3-1-2-7-6-8(4-5-12)13-10(7)9/h1-3,8,13H,4-6,12H2. The molecule has 1 aliphatic rings. The maximum absolute atomic E-state index is 6.04. The Balaban J connectivity index is 2.20. The third kappa shape index (κ3) is 1.64. The van der Waals surface area contributed by atoms with E-state index in [2.05, 4.69) is 11.4 Å². The van der Waals surface area contributed by atoms with E-state index in [1.165, 1.54) is 5.56 Å². The number of benzene rings is 1. The van der Waals surface area contributed by atoms with Crippen LogP contribution in [0.1, 0.15) is 12.0 Å². The molecule has 1 unspecified atom stereocenters. The molecule has 0 fully saturated rings. The number of halogens is 1. The molecule has 70 valence electrons. The van der Waals surface area contributed by atoms with Crippen LogP contribution in [0.3, 0.4) is 0 Å². The number of fused-ring (bicyclic) bond motifs is 1. The van der Waals surface area contributed by atoms with Crippen LogP contribution >= 0.6 is 11.6 Å². The first kappa shape index (κ1) is 8.85. The summed E-state index contributed by atoms with van der Waals surface area (Å²) in [4.78, 5) is 0. The molecule has 13 heavy (non-hydrogen) atoms. The van der Waals surface area contributed by atoms with E-state index in [0.29, 0.717) is 6.04 Å². The van der Waals surface area contributed by atoms with E-state index < -0.39 is 0 Å². The normalized spacial score (nSPS) is 19.7. The monoisotopic (exact) mass is 196 g/mol. The molecule has 1 aromatic rings. The second-order valence-corrected chi connectivity index (χ2v) is 3.80. The van der Waals surface area contributed by atoms with Gasteiger partial charge < -0.3 is 11.1 Å². The third-order valence-electron chi connectivity index (χ3n) is 2.43. The van der Waals surface area contributed by atoms with Gasteiger partial charge in [-0.2, -0.15) is 0 Å². The zero-order valence-corrected chi connectivity index (χ0v) is 8.14. The number of hydrogen-bond donors (Lipinski definition) is 2. The summed E-state index contributed by atoms with van der Waals surface area (Å²) in [5, 5.41) is 4.21. The molecule has 2 rings (SSSR count). The molecule has 1 atom stereocenters. The number of nitrogens with one attached hydrogen (secondary N) is 1. The fourth-order valence-corrected chi connectivity index (χ4v) is 2.05. The van der Waals surface area contributed by atoms with E-state index in [1.54, 1.807) is 0 Å². The molecule has 0 radical (unpaired) electrons. The van der Waals surface area contributed by atoms with Crippen LogP contribution in [0.15, 0.2) is 18.2 Å². The van der Waals surface area contributed by atoms with Crippen molar-refractivity contribution in [2.75, 3.05) is 11.9 Å². The van der Waals surface area contributed by atoms with Crippen molar-refractivity contribution in [1.29, 1.82) is 0 Å². The highest BCUT2D eigenvalue weighted by Gasteiger charge is 2.21. The van der Waals surface area contributed by atoms with E-state index >= 15 is 0 Å². The van der Waals surface area contributed by atoms with Crippen molar-refractivity contribution < 1.29 is 0 Å². The summed E-state index contributed by atoms with van der Waals surface area (Å²) in [7, 11) is 0. The quantitative estimate of drug-likeness (QED) is 0.760. The first-order valence-corrected chi connectivity index (χ1v) is 4.93. The van der Waals surface area contributed by atoms with Gasteiger partial charge in [-0.1, -0.05) is 23.7 Å². The van der Waals surface area contributed by atoms with E-state index in [1.807, 2.05) is 12.1 Å². The zero-order valence-electron chi connectivity index (χ0n) is 7.39. The van der Waals surface area contributed by atoms with Crippen molar-refractivity contribution in [3.05, 3.63) is 28.8 Å². The minimum absolute atomic E-state index is 0.472. The van der Waals surface area contributed by atoms with Gasteiger partial charge >= 0.3 is 0 Å². The molecule has 0 bridgehead atoms. The minimum Gasteiger partial charge on any atom is -0.380 e. The lowest BCUT2D eigenvalue weighted by molar-refractivity contribution is 0.684. The van der Waals surface area contributed by atoms with Gasteiger partial charge in [-0.15, -0.1) is 0 Å². The molecule has 3 heteroatoms. The Bertz CT molecular complexity index is 312. The number of anilines is 1. The number of nitrogens with two attached hydrogens (primary N) is 1. The first-order valence-electron chi connectivity index (χ1n) is 4.55. The first-order chi connectivity index (χ1) is 6.31. The average Bonchev–Trinajstić information content (AvgIpc) is 2.49. The number of rotatable bonds is 2. The lowest BCUT2D eigenvalue weighted by atomic mass is 10.1. The molecule has 2 nitrogen and oxygen atoms in total. The maximum atomic E-state index is 6.04. The highest BCUT2D eigenvalue weighted by molar-refractivity contribution is 6.33. The predicted molar refractivity (Wildman–Crippen MR) is 56.2 cm³/mol. The topological polar surface area (TPSA) is 38.0 Å². The highest BCUT2D eigenvalue weighted by Crippen LogP contribution is 2.33. The highest BCUT2D eigenvalue weighted by atomic mass is 35.5. The van der Waals surface area contributed by atoms with Gasteiger partial charge in [0.15, 0.2) is 0 Å². The SMILES string of the molecule is NCCC1Cc2cccc(Cl)c2N1. The number of hydrogen-bond acceptors (Lipinski definition) is 2. The van der Waals surface area contributed by atoms with Gasteiger partial charge in [0.2, 0.25) is 0 Å². The molecule has 1 aliphatic heterocycles. The van der Waals surface area contributed by atoms with Crippen molar-refractivity contribution in [3.63, 3.8) is 0 Å². The summed E-state index contributed by atoms with van der Waals surface area (Å²) in [6, 6.07) is 6.50. The summed E-state index contributed by atoms with van der Waals surface area (Å²) in [6.45, 7) is 0.725. The Morgan fingerprint density at radius 1 is 1.54 bits per heavy atom. The fourth-order valence-electron chi connectivity index (χ4n) is 1.80. The van der Waals surface area contributed by atoms with Crippen LogP contribution in [-0.2, 0) is 6.42 Å². The molecular weight excluding hydrogens is 184 g/mol. The number of para-hydroxylation sites is 1. The van der Waals surface area contributed by atoms with Crippen LogP contribution in [0.4, 0.5) is 5.69 Å². The van der Waals surface area contributed by atoms with Gasteiger partial charge in [-0.05, 0) is 31.0 Å². The average molecular weight is 197 g/mol. The van der Waals surface area contributed by atoms with E-state index in [9.17, 15) is 0 Å². The van der Waals surface area contributed by atoms with Gasteiger partial charge in [0.05, 0.1) is 10.7 Å². The van der Waals surface area contributed by atoms with E-state index in [0.717, 1.165) is 30.1 Å². The van der Waals surface area contributed by atoms with Crippen LogP contribution < -0.4 is 11.1 Å². The van der Waals surface area contributed by atoms with Gasteiger partial charge in [-0.3, -0.25) is 0 Å². The van der Waals surface area contributed by atoms with Gasteiger partial charge in [0.25, 0.3) is 0 Å². The molecule has 0 amide bonds. The lowest BCUT2D eigenvalue weighted by Crippen LogP contribution is -2.19. The second kappa shape index (κ2) is 3.56. The zero-order chi connectivity index (χ0) is 9.26. The molecular formula is C10H13ClN2. The molecule has 1 heterocycles. The Morgan fingerprint density at radius 2 is 2.38 bits per heavy atom. The molecule has 0 aromatic heterocycles. The second-order valence-electron chi connectivity index (χ2n) is 3.40. The molecule has 0 aliphatic carbocycles. The van der Waals surface area contributed by atoms with Gasteiger partial charge in [0.1, 0.15) is 0 Å². The van der Waals surface area contributed by atoms with Crippen LogP contribution in [0.2, 0.25) is 5.02 Å². The van der Waals surface area contributed by atoms with Crippen LogP contribution in [0.5, 0.6) is 0 Å². The predicted octanol–water partition coefficient (Wildman–Crippen LogP) is 2.03. The fraction of sp³-hybridized carbons (Fsp3) is 0.400. The van der Waals surface area contributed by atoms with Crippen molar-refractivity contribution in [2.45, 2.75) is 18.9 Å². The molecule has 0 saturated carbocycles. The van der Waals surface area contributed by atoms with Crippen molar-refractivity contribution >= 4 is 17.3 Å². The summed E-state index contributed by atoms with van der Waals surface area (Å²) in [5.74, 6) is 0. The largest absolute Gasteiger partial charge is 0.380 e. The maximum Gasteiger partial charge on any atom is 0.0640 e. The third-order valence-corrected chi connectivity index (χ3v) is 2.74. The molecule has 0 spiro atoms. The lowest BCUT2D eigenvalue weighted by Gasteiger charge is -2.08. The van der Waals surface area contributed by atoms with E-state index in [4.69, 9.17) is 17.3 Å². The van der Waals surface area contributed by atoms with Gasteiger partial charge in [0, 0.05) is 6.04 Å². The summed E-state index contributed by atoms with van der Waals surface area (Å²) in [6.07, 6.45) is 2.05. The molecule has 3 N–H and O–H groups in total. The summed E-state index contributed by atoms with van der Waals surface area (Å²) in [5.41, 5.74) is 7.92. The summed E-state index contributed by atoms with van der Waals surface area (Å²) >= 11 is 6.04. The van der Waals surface area contributed by atoms with Crippen molar-refractivity contribution in [1.82, 2.24) is 0 Å². The van der Waals surface area contributed by atoms with Crippen molar-refractivity contribution in [3.8, 4) is 0 Å². The van der Waals surface area contributed by atoms with Crippen LogP contribution in [-0.4, -0.2) is 12.6 Å². The Kier molecular flexibility index (Phi) is 2.42. The minimum atomic E-state index is 0.472. The van der Waals surface area contributed by atoms with Crippen LogP contribution in [0.25, 0.3) is 0 Å². The Labute approximate surface area is 83.1 Å². The molecule has 0 saturated heterocycles. The van der Waals surface area contributed by atoms with Crippen LogP contribution in [0, 0.1) is 0 Å². The van der Waals surface area contributed by atoms with Gasteiger partial charge in [-0.25, -0.2) is 0 Å².